The zero-order valence-electron chi connectivity index (χ0n) is 12.0. The van der Waals surface area contributed by atoms with Crippen molar-refractivity contribution >= 4 is 11.6 Å². The zero-order chi connectivity index (χ0) is 15.6. The molecule has 0 saturated carbocycles. The molecule has 2 rings (SSSR count). The van der Waals surface area contributed by atoms with E-state index in [2.05, 4.69) is 10.5 Å². The molecule has 1 amide bonds. The fourth-order valence-corrected chi connectivity index (χ4v) is 1.94. The van der Waals surface area contributed by atoms with Crippen molar-refractivity contribution < 1.29 is 19.4 Å². The van der Waals surface area contributed by atoms with Gasteiger partial charge in [-0.2, -0.15) is 5.10 Å². The Kier molecular flexibility index (Phi) is 3.98. The number of hydrazone groups is 1. The van der Waals surface area contributed by atoms with Gasteiger partial charge < -0.3 is 14.6 Å². The molecule has 0 unspecified atom stereocenters. The number of benzene rings is 1. The van der Waals surface area contributed by atoms with Crippen molar-refractivity contribution in [3.8, 4) is 11.5 Å². The molecule has 0 radical (unpaired) electrons. The maximum atomic E-state index is 12.0. The summed E-state index contributed by atoms with van der Waals surface area (Å²) in [5, 5.41) is 22.9. The van der Waals surface area contributed by atoms with Crippen LogP contribution in [-0.4, -0.2) is 21.8 Å². The molecule has 3 N–H and O–H groups in total. The maximum Gasteiger partial charge on any atom is 0.274 e. The molecule has 21 heavy (non-hydrogen) atoms. The summed E-state index contributed by atoms with van der Waals surface area (Å²) in [4.78, 5) is 12.0. The molecule has 0 fully saturated rings. The van der Waals surface area contributed by atoms with Crippen molar-refractivity contribution in [1.29, 1.82) is 0 Å². The lowest BCUT2D eigenvalue weighted by Gasteiger charge is -2.05. The van der Waals surface area contributed by atoms with E-state index in [1.54, 1.807) is 26.8 Å². The number of hydrogen-bond donors (Lipinski definition) is 3. The van der Waals surface area contributed by atoms with Gasteiger partial charge in [0.1, 0.15) is 23.0 Å². The van der Waals surface area contributed by atoms with Gasteiger partial charge in [0.05, 0.1) is 11.3 Å². The van der Waals surface area contributed by atoms with Gasteiger partial charge in [-0.1, -0.05) is 0 Å². The van der Waals surface area contributed by atoms with Crippen LogP contribution < -0.4 is 5.43 Å². The summed E-state index contributed by atoms with van der Waals surface area (Å²) in [6.45, 7) is 5.09. The molecule has 0 saturated heterocycles. The van der Waals surface area contributed by atoms with Crippen LogP contribution >= 0.6 is 0 Å². The predicted octanol–water partition coefficient (Wildman–Crippen LogP) is 2.46. The first-order valence-corrected chi connectivity index (χ1v) is 6.32. The van der Waals surface area contributed by atoms with Crippen molar-refractivity contribution in [2.75, 3.05) is 0 Å². The van der Waals surface area contributed by atoms with E-state index in [0.29, 0.717) is 28.4 Å². The molecule has 0 aliphatic carbocycles. The molecule has 0 aliphatic rings. The molecule has 0 spiro atoms. The van der Waals surface area contributed by atoms with Gasteiger partial charge in [-0.15, -0.1) is 0 Å². The number of hydrogen-bond acceptors (Lipinski definition) is 5. The summed E-state index contributed by atoms with van der Waals surface area (Å²) in [5.74, 6) is 0.625. The summed E-state index contributed by atoms with van der Waals surface area (Å²) in [6, 6.07) is 5.79. The number of nitrogens with one attached hydrogen (secondary N) is 1. The summed E-state index contributed by atoms with van der Waals surface area (Å²) in [6.07, 6.45) is 0. The van der Waals surface area contributed by atoms with Crippen LogP contribution in [0.2, 0.25) is 0 Å². The molecule has 0 aliphatic heterocycles. The van der Waals surface area contributed by atoms with E-state index in [1.807, 2.05) is 0 Å². The number of phenols is 2. The predicted molar refractivity (Wildman–Crippen MR) is 77.6 cm³/mol. The Morgan fingerprint density at radius 1 is 1.19 bits per heavy atom. The Bertz CT molecular complexity index is 716. The molecule has 1 heterocycles. The molecule has 1 aromatic heterocycles. The lowest BCUT2D eigenvalue weighted by atomic mass is 10.1. The highest BCUT2D eigenvalue weighted by Crippen LogP contribution is 2.23. The van der Waals surface area contributed by atoms with Crippen LogP contribution in [0.5, 0.6) is 11.5 Å². The Hall–Kier alpha value is -2.76. The van der Waals surface area contributed by atoms with E-state index in [-0.39, 0.29) is 17.4 Å². The van der Waals surface area contributed by atoms with Gasteiger partial charge in [-0.3, -0.25) is 4.79 Å². The molecule has 0 bridgehead atoms. The van der Waals surface area contributed by atoms with Gasteiger partial charge in [0.2, 0.25) is 0 Å². The largest absolute Gasteiger partial charge is 0.508 e. The summed E-state index contributed by atoms with van der Waals surface area (Å²) < 4.78 is 5.28. The van der Waals surface area contributed by atoms with Crippen LogP contribution in [0, 0.1) is 13.8 Å². The van der Waals surface area contributed by atoms with Gasteiger partial charge in [-0.25, -0.2) is 5.43 Å². The first kappa shape index (κ1) is 14.6. The molecule has 110 valence electrons. The van der Waals surface area contributed by atoms with Crippen LogP contribution in [0.3, 0.4) is 0 Å². The Morgan fingerprint density at radius 2 is 1.90 bits per heavy atom. The van der Waals surface area contributed by atoms with E-state index in [0.717, 1.165) is 0 Å². The lowest BCUT2D eigenvalue weighted by Crippen LogP contribution is -2.19. The fraction of sp³-hybridized carbons (Fsp3) is 0.200. The van der Waals surface area contributed by atoms with Gasteiger partial charge in [-0.05, 0) is 39.0 Å². The third-order valence-electron chi connectivity index (χ3n) is 2.98. The molecule has 6 nitrogen and oxygen atoms in total. The third-order valence-corrected chi connectivity index (χ3v) is 2.98. The average Bonchev–Trinajstić information content (AvgIpc) is 2.74. The van der Waals surface area contributed by atoms with E-state index < -0.39 is 0 Å². The number of carbonyl (C=O) groups excluding carboxylic acids is 1. The molecular weight excluding hydrogens is 272 g/mol. The number of phenolic OH excluding ortho intramolecular Hbond substituents is 2. The van der Waals surface area contributed by atoms with E-state index in [9.17, 15) is 15.0 Å². The topological polar surface area (TPSA) is 95.1 Å². The zero-order valence-corrected chi connectivity index (χ0v) is 12.0. The second kappa shape index (κ2) is 5.70. The van der Waals surface area contributed by atoms with E-state index in [4.69, 9.17) is 4.42 Å². The highest BCUT2D eigenvalue weighted by Gasteiger charge is 2.13. The van der Waals surface area contributed by atoms with Gasteiger partial charge in [0, 0.05) is 11.6 Å². The SMILES string of the molecule is C/C(=N\NC(=O)c1cc(C)oc1C)c1ccc(O)cc1O. The molecule has 2 aromatic rings. The van der Waals surface area contributed by atoms with E-state index >= 15 is 0 Å². The maximum absolute atomic E-state index is 12.0. The number of nitrogens with zero attached hydrogens (tertiary/aromatic N) is 1. The number of carbonyl (C=O) groups is 1. The van der Waals surface area contributed by atoms with Crippen LogP contribution in [0.4, 0.5) is 0 Å². The molecule has 0 atom stereocenters. The van der Waals surface area contributed by atoms with Crippen molar-refractivity contribution in [1.82, 2.24) is 5.43 Å². The normalized spacial score (nSPS) is 11.5. The monoisotopic (exact) mass is 288 g/mol. The van der Waals surface area contributed by atoms with Gasteiger partial charge >= 0.3 is 0 Å². The van der Waals surface area contributed by atoms with Crippen molar-refractivity contribution in [3.05, 3.63) is 46.9 Å². The van der Waals surface area contributed by atoms with Crippen molar-refractivity contribution in [2.45, 2.75) is 20.8 Å². The van der Waals surface area contributed by atoms with Crippen LogP contribution in [0.1, 0.15) is 34.4 Å². The highest BCUT2D eigenvalue weighted by atomic mass is 16.3. The minimum atomic E-state index is -0.387. The Balaban J connectivity index is 2.17. The molecule has 1 aromatic carbocycles. The van der Waals surface area contributed by atoms with E-state index in [1.165, 1.54) is 18.2 Å². The third kappa shape index (κ3) is 3.22. The number of amides is 1. The van der Waals surface area contributed by atoms with Gasteiger partial charge in [0.25, 0.3) is 5.91 Å². The first-order chi connectivity index (χ1) is 9.88. The first-order valence-electron chi connectivity index (χ1n) is 6.32. The summed E-state index contributed by atoms with van der Waals surface area (Å²) >= 11 is 0. The van der Waals surface area contributed by atoms with Gasteiger partial charge in [0.15, 0.2) is 0 Å². The second-order valence-electron chi connectivity index (χ2n) is 4.67. The fourth-order valence-electron chi connectivity index (χ4n) is 1.94. The lowest BCUT2D eigenvalue weighted by molar-refractivity contribution is 0.0953. The molecular formula is C15H16N2O4. The summed E-state index contributed by atoms with van der Waals surface area (Å²) in [5.41, 5.74) is 3.66. The van der Waals surface area contributed by atoms with Crippen LogP contribution in [0.25, 0.3) is 0 Å². The number of rotatable bonds is 3. The number of aromatic hydroxyl groups is 2. The van der Waals surface area contributed by atoms with Crippen LogP contribution in [-0.2, 0) is 0 Å². The highest BCUT2D eigenvalue weighted by molar-refractivity contribution is 6.02. The van der Waals surface area contributed by atoms with Crippen molar-refractivity contribution in [3.63, 3.8) is 0 Å². The number of aryl methyl sites for hydroxylation is 2. The molecule has 6 heteroatoms. The summed E-state index contributed by atoms with van der Waals surface area (Å²) in [7, 11) is 0. The smallest absolute Gasteiger partial charge is 0.274 e. The Labute approximate surface area is 121 Å². The average molecular weight is 288 g/mol. The minimum absolute atomic E-state index is 0.0439. The quantitative estimate of drug-likeness (QED) is 0.597. The van der Waals surface area contributed by atoms with Crippen LogP contribution in [0.15, 0.2) is 33.8 Å². The second-order valence-corrected chi connectivity index (χ2v) is 4.67. The Morgan fingerprint density at radius 3 is 2.48 bits per heavy atom. The number of furan rings is 1. The van der Waals surface area contributed by atoms with Crippen molar-refractivity contribution in [2.24, 2.45) is 5.10 Å². The minimum Gasteiger partial charge on any atom is -0.508 e. The standard InChI is InChI=1S/C15H16N2O4/c1-8-6-13(10(3)21-8)15(20)17-16-9(2)12-5-4-11(18)7-14(12)19/h4-7,18-19H,1-3H3,(H,17,20)/b16-9+.